The molecule has 0 aromatic heterocycles. The molecule has 7 heteroatoms. The van der Waals surface area contributed by atoms with E-state index in [2.05, 4.69) is 10.6 Å². The van der Waals surface area contributed by atoms with Crippen molar-refractivity contribution in [2.24, 2.45) is 0 Å². The molecule has 0 heterocycles. The van der Waals surface area contributed by atoms with Gasteiger partial charge in [0, 0.05) is 12.3 Å². The monoisotopic (exact) mass is 310 g/mol. The van der Waals surface area contributed by atoms with Crippen LogP contribution in [0.25, 0.3) is 0 Å². The van der Waals surface area contributed by atoms with Crippen LogP contribution >= 0.6 is 0 Å². The van der Waals surface area contributed by atoms with Gasteiger partial charge in [-0.15, -0.1) is 0 Å². The summed E-state index contributed by atoms with van der Waals surface area (Å²) in [6.07, 6.45) is 0.248. The van der Waals surface area contributed by atoms with E-state index in [-0.39, 0.29) is 13.0 Å². The number of ether oxygens (including phenoxy) is 1. The molecule has 0 aliphatic rings. The normalized spacial score (nSPS) is 11.7. The van der Waals surface area contributed by atoms with E-state index in [1.807, 2.05) is 6.92 Å². The summed E-state index contributed by atoms with van der Waals surface area (Å²) in [6, 6.07) is 5.87. The van der Waals surface area contributed by atoms with Gasteiger partial charge in [-0.3, -0.25) is 9.59 Å². The third-order valence-corrected chi connectivity index (χ3v) is 2.86. The molecule has 4 N–H and O–H groups in total. The molecule has 0 fully saturated rings. The summed E-state index contributed by atoms with van der Waals surface area (Å²) >= 11 is 0. The number of hydrogen-bond acceptors (Lipinski definition) is 5. The van der Waals surface area contributed by atoms with Crippen LogP contribution in [0.5, 0.6) is 5.75 Å². The molecule has 1 atom stereocenters. The fourth-order valence-corrected chi connectivity index (χ4v) is 1.80. The maximum Gasteiger partial charge on any atom is 0.321 e. The maximum absolute atomic E-state index is 11.9. The molecule has 22 heavy (non-hydrogen) atoms. The Morgan fingerprint density at radius 1 is 1.27 bits per heavy atom. The first-order valence-electron chi connectivity index (χ1n) is 7.16. The summed E-state index contributed by atoms with van der Waals surface area (Å²) in [5, 5.41) is 23.1. The molecule has 0 aliphatic heterocycles. The van der Waals surface area contributed by atoms with Crippen LogP contribution < -0.4 is 15.4 Å². The van der Waals surface area contributed by atoms with Crippen molar-refractivity contribution >= 4 is 17.6 Å². The quantitative estimate of drug-likeness (QED) is 0.477. The molecule has 1 aromatic rings. The molecule has 1 amide bonds. The van der Waals surface area contributed by atoms with Gasteiger partial charge in [0.25, 0.3) is 0 Å². The van der Waals surface area contributed by atoms with Gasteiger partial charge in [0.1, 0.15) is 11.8 Å². The highest BCUT2D eigenvalue weighted by molar-refractivity contribution is 5.94. The number of carboxylic acids is 1. The summed E-state index contributed by atoms with van der Waals surface area (Å²) in [7, 11) is 0. The highest BCUT2D eigenvalue weighted by atomic mass is 16.5. The third-order valence-electron chi connectivity index (χ3n) is 2.86. The summed E-state index contributed by atoms with van der Waals surface area (Å²) < 4.78 is 5.30. The summed E-state index contributed by atoms with van der Waals surface area (Å²) in [6.45, 7) is 2.75. The number of nitrogens with one attached hydrogen (secondary N) is 2. The van der Waals surface area contributed by atoms with Crippen LogP contribution in [0.1, 0.15) is 19.8 Å². The summed E-state index contributed by atoms with van der Waals surface area (Å²) in [5.74, 6) is -0.789. The number of aliphatic hydroxyl groups is 1. The topological polar surface area (TPSA) is 108 Å². The van der Waals surface area contributed by atoms with E-state index < -0.39 is 17.9 Å². The van der Waals surface area contributed by atoms with Crippen LogP contribution in [0.15, 0.2) is 24.3 Å². The van der Waals surface area contributed by atoms with Crippen LogP contribution in [0.3, 0.4) is 0 Å². The lowest BCUT2D eigenvalue weighted by molar-refractivity contribution is -0.141. The van der Waals surface area contributed by atoms with E-state index in [1.165, 1.54) is 0 Å². The molecular weight excluding hydrogens is 288 g/mol. The Morgan fingerprint density at radius 3 is 2.50 bits per heavy atom. The number of aliphatic hydroxyl groups excluding tert-OH is 1. The van der Waals surface area contributed by atoms with Gasteiger partial charge >= 0.3 is 5.97 Å². The minimum absolute atomic E-state index is 0.0300. The van der Waals surface area contributed by atoms with E-state index in [0.717, 1.165) is 0 Å². The van der Waals surface area contributed by atoms with Crippen LogP contribution in [-0.4, -0.2) is 47.9 Å². The van der Waals surface area contributed by atoms with Crippen molar-refractivity contribution in [3.05, 3.63) is 24.3 Å². The molecule has 1 rings (SSSR count). The Bertz CT molecular complexity index is 475. The summed E-state index contributed by atoms with van der Waals surface area (Å²) in [4.78, 5) is 23.0. The minimum Gasteiger partial charge on any atom is -0.494 e. The van der Waals surface area contributed by atoms with E-state index in [1.54, 1.807) is 24.3 Å². The zero-order valence-electron chi connectivity index (χ0n) is 12.5. The van der Waals surface area contributed by atoms with Crippen LogP contribution in [-0.2, 0) is 9.59 Å². The number of anilines is 1. The summed E-state index contributed by atoms with van der Waals surface area (Å²) in [5.41, 5.74) is 0.577. The van der Waals surface area contributed by atoms with Gasteiger partial charge in [-0.1, -0.05) is 0 Å². The molecule has 1 unspecified atom stereocenters. The van der Waals surface area contributed by atoms with Gasteiger partial charge in [-0.2, -0.15) is 0 Å². The zero-order chi connectivity index (χ0) is 16.4. The highest BCUT2D eigenvalue weighted by Crippen LogP contribution is 2.15. The van der Waals surface area contributed by atoms with Crippen molar-refractivity contribution in [3.8, 4) is 5.75 Å². The molecule has 0 saturated heterocycles. The van der Waals surface area contributed by atoms with E-state index in [0.29, 0.717) is 31.0 Å². The van der Waals surface area contributed by atoms with Gasteiger partial charge in [-0.05, 0) is 44.2 Å². The number of benzene rings is 1. The van der Waals surface area contributed by atoms with Gasteiger partial charge in [-0.25, -0.2) is 0 Å². The molecule has 1 aromatic carbocycles. The van der Waals surface area contributed by atoms with Crippen molar-refractivity contribution in [2.45, 2.75) is 25.8 Å². The number of rotatable bonds is 10. The minimum atomic E-state index is -1.10. The smallest absolute Gasteiger partial charge is 0.321 e. The van der Waals surface area contributed by atoms with Crippen molar-refractivity contribution in [1.29, 1.82) is 0 Å². The molecule has 0 bridgehead atoms. The Morgan fingerprint density at radius 2 is 1.95 bits per heavy atom. The molecule has 7 nitrogen and oxygen atoms in total. The second-order valence-corrected chi connectivity index (χ2v) is 4.63. The molecule has 0 aliphatic carbocycles. The van der Waals surface area contributed by atoms with Crippen LogP contribution in [0.2, 0.25) is 0 Å². The molecule has 0 saturated carbocycles. The first-order valence-corrected chi connectivity index (χ1v) is 7.16. The zero-order valence-corrected chi connectivity index (χ0v) is 12.5. The Balaban J connectivity index is 2.50. The van der Waals surface area contributed by atoms with Crippen LogP contribution in [0.4, 0.5) is 5.69 Å². The lowest BCUT2D eigenvalue weighted by Crippen LogP contribution is -2.40. The number of aliphatic carboxylic acids is 1. The van der Waals surface area contributed by atoms with E-state index >= 15 is 0 Å². The van der Waals surface area contributed by atoms with E-state index in [9.17, 15) is 9.59 Å². The highest BCUT2D eigenvalue weighted by Gasteiger charge is 2.20. The molecule has 122 valence electrons. The number of hydrogen-bond donors (Lipinski definition) is 4. The fraction of sp³-hybridized carbons (Fsp3) is 0.467. The van der Waals surface area contributed by atoms with Gasteiger partial charge < -0.3 is 25.6 Å². The Kier molecular flexibility index (Phi) is 7.95. The number of amides is 1. The maximum atomic E-state index is 11.9. The second-order valence-electron chi connectivity index (χ2n) is 4.63. The predicted octanol–water partition coefficient (Wildman–Crippen LogP) is 0.839. The SMILES string of the molecule is CCOc1ccc(NC(=O)CC(NCCCO)C(=O)O)cc1. The van der Waals surface area contributed by atoms with Crippen molar-refractivity contribution in [3.63, 3.8) is 0 Å². The van der Waals surface area contributed by atoms with Crippen molar-refractivity contribution in [1.82, 2.24) is 5.32 Å². The molecular formula is C15H22N2O5. The largest absolute Gasteiger partial charge is 0.494 e. The van der Waals surface area contributed by atoms with Crippen molar-refractivity contribution < 1.29 is 24.5 Å². The molecule has 0 spiro atoms. The Labute approximate surface area is 129 Å². The average Bonchev–Trinajstić information content (AvgIpc) is 2.48. The second kappa shape index (κ2) is 9.75. The number of carbonyl (C=O) groups excluding carboxylic acids is 1. The first kappa shape index (κ1) is 17.9. The fourth-order valence-electron chi connectivity index (χ4n) is 1.80. The average molecular weight is 310 g/mol. The van der Waals surface area contributed by atoms with Gasteiger partial charge in [0.2, 0.25) is 5.91 Å². The van der Waals surface area contributed by atoms with Crippen LogP contribution in [0, 0.1) is 0 Å². The number of carbonyl (C=O) groups is 2. The van der Waals surface area contributed by atoms with E-state index in [4.69, 9.17) is 14.9 Å². The standard InChI is InChI=1S/C15H22N2O5/c1-2-22-12-6-4-11(5-7-12)17-14(19)10-13(15(20)21)16-8-3-9-18/h4-7,13,16,18H,2-3,8-10H2,1H3,(H,17,19)(H,20,21). The third kappa shape index (κ3) is 6.55. The lowest BCUT2D eigenvalue weighted by atomic mass is 10.2. The molecule has 0 radical (unpaired) electrons. The van der Waals surface area contributed by atoms with Gasteiger partial charge in [0.05, 0.1) is 13.0 Å². The lowest BCUT2D eigenvalue weighted by Gasteiger charge is -2.14. The van der Waals surface area contributed by atoms with Crippen molar-refractivity contribution in [2.75, 3.05) is 25.1 Å². The Hall–Kier alpha value is -2.12. The predicted molar refractivity (Wildman–Crippen MR) is 82.0 cm³/mol. The first-order chi connectivity index (χ1) is 10.6. The number of carboxylic acid groups (broad SMARTS) is 1. The van der Waals surface area contributed by atoms with Gasteiger partial charge in [0.15, 0.2) is 0 Å².